The first-order valence-electron chi connectivity index (χ1n) is 15.8. The number of nitrogens with one attached hydrogen (secondary N) is 1. The van der Waals surface area contributed by atoms with Gasteiger partial charge >= 0.3 is 101 Å². The molecule has 1 amide bonds. The number of hydrogen-bond donors (Lipinski definition) is 1. The Labute approximate surface area is 348 Å². The number of halogens is 35. The second kappa shape index (κ2) is 16.6. The van der Waals surface area contributed by atoms with E-state index in [1.807, 2.05) is 0 Å². The van der Waals surface area contributed by atoms with Crippen LogP contribution in [0.1, 0.15) is 29.3 Å². The summed E-state index contributed by atoms with van der Waals surface area (Å²) in [6, 6.07) is -0.680. The zero-order chi connectivity index (χ0) is 55.3. The fourth-order valence-electron chi connectivity index (χ4n) is 4.85. The molecular formula is C29H13F35N2O2. The minimum absolute atomic E-state index is 0.00749. The van der Waals surface area contributed by atoms with E-state index in [0.717, 1.165) is 25.1 Å². The van der Waals surface area contributed by atoms with Gasteiger partial charge in [-0.25, -0.2) is 4.79 Å². The summed E-state index contributed by atoms with van der Waals surface area (Å²) in [6.45, 7) is 1.10. The molecule has 0 saturated heterocycles. The molecule has 0 aliphatic carbocycles. The zero-order valence-corrected chi connectivity index (χ0v) is 31.0. The molecule has 1 rings (SSSR count). The summed E-state index contributed by atoms with van der Waals surface area (Å²) in [5, 5.41) is 1.19. The van der Waals surface area contributed by atoms with Crippen molar-refractivity contribution in [2.45, 2.75) is 127 Å². The quantitative estimate of drug-likeness (QED) is 0.0804. The topological polar surface area (TPSA) is 58.5 Å². The van der Waals surface area contributed by atoms with Crippen molar-refractivity contribution in [3.63, 3.8) is 0 Å². The van der Waals surface area contributed by atoms with Gasteiger partial charge in [0.25, 0.3) is 5.91 Å². The van der Waals surface area contributed by atoms with Crippen LogP contribution in [0, 0.1) is 6.92 Å². The van der Waals surface area contributed by atoms with E-state index in [1.165, 1.54) is 5.32 Å². The predicted octanol–water partition coefficient (Wildman–Crippen LogP) is 13.2. The summed E-state index contributed by atoms with van der Waals surface area (Å²) in [5.41, 5.74) is -1.42. The second-order valence-corrected chi connectivity index (χ2v) is 13.7. The molecule has 0 saturated carbocycles. The van der Waals surface area contributed by atoms with Gasteiger partial charge in [-0.1, -0.05) is 0 Å². The first-order chi connectivity index (χ1) is 29.2. The third kappa shape index (κ3) is 8.06. The largest absolute Gasteiger partial charge is 0.460 e. The number of amides is 1. The number of isocyanates is 1. The molecule has 1 aromatic carbocycles. The fraction of sp³-hybridized carbons (Fsp3) is 0.724. The first-order valence-corrected chi connectivity index (χ1v) is 15.8. The van der Waals surface area contributed by atoms with Crippen molar-refractivity contribution in [2.75, 3.05) is 0 Å². The highest BCUT2D eigenvalue weighted by atomic mass is 19.4. The highest BCUT2D eigenvalue weighted by Crippen LogP contribution is 2.70. The Balaban J connectivity index is 3.91. The molecule has 0 fully saturated rings. The average Bonchev–Trinajstić information content (AvgIpc) is 3.12. The Hall–Kier alpha value is -4.38. The van der Waals surface area contributed by atoms with E-state index >= 15 is 0 Å². The first kappa shape index (κ1) is 61.6. The summed E-state index contributed by atoms with van der Waals surface area (Å²) >= 11 is 0. The number of hydrogen-bond acceptors (Lipinski definition) is 3. The number of carbonyl (C=O) groups is 1. The maximum Gasteiger partial charge on any atom is 0.460 e. The Morgan fingerprint density at radius 2 is 0.691 bits per heavy atom. The Morgan fingerprint density at radius 1 is 0.441 bits per heavy atom. The van der Waals surface area contributed by atoms with Crippen LogP contribution >= 0.6 is 0 Å². The predicted molar refractivity (Wildman–Crippen MR) is 146 cm³/mol. The smallest absolute Gasteiger partial charge is 0.349 e. The van der Waals surface area contributed by atoms with Crippen molar-refractivity contribution < 1.29 is 163 Å². The van der Waals surface area contributed by atoms with Crippen LogP contribution in [-0.2, 0) is 4.79 Å². The van der Waals surface area contributed by atoms with Crippen LogP contribution < -0.4 is 5.32 Å². The molecule has 0 heterocycles. The number of aryl methyl sites for hydroxylation is 1. The number of benzene rings is 1. The molecule has 0 aliphatic rings. The molecule has 68 heavy (non-hydrogen) atoms. The summed E-state index contributed by atoms with van der Waals surface area (Å²) < 4.78 is 485. The molecule has 0 spiro atoms. The van der Waals surface area contributed by atoms with Gasteiger partial charge in [0.1, 0.15) is 0 Å². The number of nitrogens with zero attached hydrogens (tertiary/aromatic N) is 1. The molecule has 1 aromatic rings. The molecule has 0 bridgehead atoms. The zero-order valence-electron chi connectivity index (χ0n) is 31.0. The van der Waals surface area contributed by atoms with E-state index in [1.54, 1.807) is 0 Å². The number of alkyl halides is 35. The van der Waals surface area contributed by atoms with E-state index in [9.17, 15) is 163 Å². The van der Waals surface area contributed by atoms with Crippen molar-refractivity contribution in [3.8, 4) is 0 Å². The number of rotatable bonds is 20. The lowest BCUT2D eigenvalue weighted by Crippen LogP contribution is -2.80. The van der Waals surface area contributed by atoms with Crippen molar-refractivity contribution in [1.82, 2.24) is 5.32 Å². The van der Waals surface area contributed by atoms with Crippen molar-refractivity contribution >= 4 is 17.7 Å². The van der Waals surface area contributed by atoms with Gasteiger partial charge in [0, 0.05) is 18.0 Å². The van der Waals surface area contributed by atoms with Crippen LogP contribution in [0.3, 0.4) is 0 Å². The van der Waals surface area contributed by atoms with Gasteiger partial charge in [0.05, 0.1) is 5.69 Å². The normalized spacial score (nSPS) is 16.4. The minimum atomic E-state index is -10.4. The Bertz CT molecular complexity index is 2080. The molecule has 4 nitrogen and oxygen atoms in total. The van der Waals surface area contributed by atoms with Gasteiger partial charge in [-0.05, 0) is 37.6 Å². The molecule has 0 radical (unpaired) electrons. The SMILES string of the molecule is Cc1cc(N=C=O)cc(C(=O)NC(C)CC(F)(F)C(F)(F)C(F)(F)C(F)(F)C(F)(F)C(F)(F)C(F)(F)C(F)(F)C(F)(F)C(F)(F)C(F)(F)C(F)(F)C(F)(F)C(F)(F)C(F)(F)C(F)(F)C(F)(F)F)c1. The van der Waals surface area contributed by atoms with Crippen LogP contribution in [-0.4, -0.2) is 119 Å². The number of aliphatic imine (C=N–C) groups is 1. The fourth-order valence-corrected chi connectivity index (χ4v) is 4.85. The van der Waals surface area contributed by atoms with E-state index in [-0.39, 0.29) is 12.5 Å². The summed E-state index contributed by atoms with van der Waals surface area (Å²) in [7, 11) is 0. The van der Waals surface area contributed by atoms with Crippen LogP contribution in [0.15, 0.2) is 23.2 Å². The molecule has 39 heteroatoms. The van der Waals surface area contributed by atoms with Crippen molar-refractivity contribution in [2.24, 2.45) is 4.99 Å². The van der Waals surface area contributed by atoms with Gasteiger partial charge in [-0.15, -0.1) is 0 Å². The summed E-state index contributed by atoms with van der Waals surface area (Å²) in [4.78, 5) is 25.7. The molecular weight excluding hydrogens is 1070 g/mol. The van der Waals surface area contributed by atoms with Crippen molar-refractivity contribution in [3.05, 3.63) is 29.3 Å². The highest BCUT2D eigenvalue weighted by molar-refractivity contribution is 5.95. The van der Waals surface area contributed by atoms with E-state index in [4.69, 9.17) is 0 Å². The third-order valence-corrected chi connectivity index (χ3v) is 8.78. The summed E-state index contributed by atoms with van der Waals surface area (Å²) in [5.74, 6) is -157. The lowest BCUT2D eigenvalue weighted by Gasteiger charge is -2.47. The molecule has 396 valence electrons. The van der Waals surface area contributed by atoms with E-state index in [2.05, 4.69) is 4.99 Å². The standard InChI is InChI=1S/C29H13F35N2O2/c1-8-3-10(5-11(4-8)65-7-67)12(68)66-9(2)6-13(30,31)14(32,33)15(34,35)16(36,37)17(38,39)18(40,41)19(42,43)20(44,45)21(46,47)22(48,49)23(50,51)24(52,53)25(54,55)26(56,57)27(58,59)28(60,61)29(62,63)64/h3-5,9H,6H2,1-2H3,(H,66,68). The van der Waals surface area contributed by atoms with Gasteiger partial charge in [-0.2, -0.15) is 159 Å². The lowest BCUT2D eigenvalue weighted by atomic mass is 9.82. The van der Waals surface area contributed by atoms with Crippen LogP contribution in [0.25, 0.3) is 0 Å². The minimum Gasteiger partial charge on any atom is -0.349 e. The maximum absolute atomic E-state index is 14.5. The van der Waals surface area contributed by atoms with Crippen molar-refractivity contribution in [1.29, 1.82) is 0 Å². The van der Waals surface area contributed by atoms with Gasteiger partial charge in [0.2, 0.25) is 6.08 Å². The van der Waals surface area contributed by atoms with Gasteiger partial charge in [-0.3, -0.25) is 4.79 Å². The second-order valence-electron chi connectivity index (χ2n) is 13.7. The monoisotopic (exact) mass is 1090 g/mol. The van der Waals surface area contributed by atoms with E-state index in [0.29, 0.717) is 6.07 Å². The third-order valence-electron chi connectivity index (χ3n) is 8.78. The van der Waals surface area contributed by atoms with Crippen LogP contribution in [0.4, 0.5) is 159 Å². The molecule has 1 N–H and O–H groups in total. The molecule has 0 aromatic heterocycles. The molecule has 0 aliphatic heterocycles. The Kier molecular flexibility index (Phi) is 15.1. The maximum atomic E-state index is 14.5. The molecule has 1 atom stereocenters. The van der Waals surface area contributed by atoms with Gasteiger partial charge in [0.15, 0.2) is 0 Å². The summed E-state index contributed by atoms with van der Waals surface area (Å²) in [6.07, 6.45) is -10.9. The number of carbonyl (C=O) groups excluding carboxylic acids is 2. The highest BCUT2D eigenvalue weighted by Gasteiger charge is 3.02. The van der Waals surface area contributed by atoms with E-state index < -0.39 is 131 Å². The van der Waals surface area contributed by atoms with Crippen LogP contribution in [0.2, 0.25) is 0 Å². The van der Waals surface area contributed by atoms with Crippen LogP contribution in [0.5, 0.6) is 0 Å². The molecule has 1 unspecified atom stereocenters. The lowest BCUT2D eigenvalue weighted by molar-refractivity contribution is -0.492. The van der Waals surface area contributed by atoms with Gasteiger partial charge < -0.3 is 5.32 Å². The Morgan fingerprint density at radius 3 is 0.941 bits per heavy atom. The average molecular weight is 1090 g/mol.